The lowest BCUT2D eigenvalue weighted by molar-refractivity contribution is -0.154. The van der Waals surface area contributed by atoms with Gasteiger partial charge in [0.15, 0.2) is 6.10 Å². The summed E-state index contributed by atoms with van der Waals surface area (Å²) >= 11 is 0. The van der Waals surface area contributed by atoms with Crippen LogP contribution in [-0.2, 0) is 20.7 Å². The Morgan fingerprint density at radius 2 is 2.00 bits per heavy atom. The van der Waals surface area contributed by atoms with Gasteiger partial charge in [0, 0.05) is 17.1 Å². The van der Waals surface area contributed by atoms with Crippen molar-refractivity contribution in [2.24, 2.45) is 5.92 Å². The van der Waals surface area contributed by atoms with Crippen LogP contribution in [0.5, 0.6) is 0 Å². The van der Waals surface area contributed by atoms with E-state index in [9.17, 15) is 14.9 Å². The van der Waals surface area contributed by atoms with Crippen LogP contribution < -0.4 is 5.32 Å². The largest absolute Gasteiger partial charge is 0.452 e. The Balaban J connectivity index is 1.98. The highest BCUT2D eigenvalue weighted by atomic mass is 16.5. The van der Waals surface area contributed by atoms with Gasteiger partial charge in [0.1, 0.15) is 5.54 Å². The summed E-state index contributed by atoms with van der Waals surface area (Å²) in [6.07, 6.45) is 0.868. The van der Waals surface area contributed by atoms with Crippen LogP contribution in [0.25, 0.3) is 10.9 Å². The average Bonchev–Trinajstić information content (AvgIpc) is 2.97. The molecule has 0 fully saturated rings. The van der Waals surface area contributed by atoms with Gasteiger partial charge >= 0.3 is 5.97 Å². The van der Waals surface area contributed by atoms with Crippen molar-refractivity contribution in [1.82, 2.24) is 10.3 Å². The monoisotopic (exact) mass is 341 g/mol. The number of benzene rings is 1. The first-order chi connectivity index (χ1) is 11.8. The summed E-state index contributed by atoms with van der Waals surface area (Å²) in [5.74, 6) is -1.05. The van der Waals surface area contributed by atoms with E-state index >= 15 is 0 Å². The van der Waals surface area contributed by atoms with Crippen LogP contribution in [0.4, 0.5) is 0 Å². The standard InChI is InChI=1S/C19H23N3O3/c1-12(2)19(4,11-20)22-18(24)13(3)25-17(23)9-14-10-21-16-8-6-5-7-15(14)16/h5-8,10,12-13,21H,9H2,1-4H3,(H,22,24). The van der Waals surface area contributed by atoms with Crippen molar-refractivity contribution in [3.8, 4) is 6.07 Å². The third kappa shape index (κ3) is 4.18. The molecule has 0 radical (unpaired) electrons. The SMILES string of the molecule is CC(OC(=O)Cc1c[nH]c2ccccc12)C(=O)NC(C)(C#N)C(C)C. The van der Waals surface area contributed by atoms with Gasteiger partial charge in [-0.05, 0) is 31.4 Å². The Labute approximate surface area is 147 Å². The minimum Gasteiger partial charge on any atom is -0.452 e. The number of ether oxygens (including phenoxy) is 1. The third-order valence-electron chi connectivity index (χ3n) is 4.46. The molecule has 6 heteroatoms. The molecule has 2 atom stereocenters. The number of rotatable bonds is 6. The summed E-state index contributed by atoms with van der Waals surface area (Å²) in [6, 6.07) is 9.75. The maximum atomic E-state index is 12.2. The van der Waals surface area contributed by atoms with Crippen LogP contribution in [0.3, 0.4) is 0 Å². The minimum atomic E-state index is -1.01. The molecular formula is C19H23N3O3. The van der Waals surface area contributed by atoms with Crippen molar-refractivity contribution in [2.75, 3.05) is 0 Å². The molecule has 0 aliphatic rings. The fourth-order valence-electron chi connectivity index (χ4n) is 2.38. The number of aromatic amines is 1. The van der Waals surface area contributed by atoms with Crippen LogP contribution in [-0.4, -0.2) is 28.5 Å². The van der Waals surface area contributed by atoms with Gasteiger partial charge in [-0.2, -0.15) is 5.26 Å². The molecule has 1 heterocycles. The lowest BCUT2D eigenvalue weighted by atomic mass is 9.90. The first-order valence-corrected chi connectivity index (χ1v) is 8.24. The molecule has 1 aromatic carbocycles. The molecule has 6 nitrogen and oxygen atoms in total. The first-order valence-electron chi connectivity index (χ1n) is 8.24. The molecule has 0 aliphatic carbocycles. The van der Waals surface area contributed by atoms with Crippen molar-refractivity contribution in [3.05, 3.63) is 36.0 Å². The molecule has 2 N–H and O–H groups in total. The summed E-state index contributed by atoms with van der Waals surface area (Å²) < 4.78 is 5.23. The molecule has 2 unspecified atom stereocenters. The normalized spacial score (nSPS) is 14.6. The van der Waals surface area contributed by atoms with E-state index in [0.29, 0.717) is 0 Å². The molecule has 2 rings (SSSR count). The maximum absolute atomic E-state index is 12.2. The smallest absolute Gasteiger partial charge is 0.311 e. The fraction of sp³-hybridized carbons (Fsp3) is 0.421. The zero-order valence-electron chi connectivity index (χ0n) is 14.9. The van der Waals surface area contributed by atoms with E-state index in [4.69, 9.17) is 4.74 Å². The summed E-state index contributed by atoms with van der Waals surface area (Å²) in [7, 11) is 0. The van der Waals surface area contributed by atoms with Crippen LogP contribution in [0.15, 0.2) is 30.5 Å². The van der Waals surface area contributed by atoms with Crippen molar-refractivity contribution in [2.45, 2.75) is 45.8 Å². The number of amides is 1. The topological polar surface area (TPSA) is 95.0 Å². The van der Waals surface area contributed by atoms with Crippen LogP contribution in [0.1, 0.15) is 33.3 Å². The number of H-pyrrole nitrogens is 1. The molecule has 1 aromatic heterocycles. The number of carbonyl (C=O) groups excluding carboxylic acids is 2. The van der Waals surface area contributed by atoms with E-state index in [2.05, 4.69) is 16.4 Å². The Morgan fingerprint density at radius 1 is 1.32 bits per heavy atom. The quantitative estimate of drug-likeness (QED) is 0.790. The lowest BCUT2D eigenvalue weighted by Gasteiger charge is -2.28. The fourth-order valence-corrected chi connectivity index (χ4v) is 2.38. The first kappa shape index (κ1) is 18.5. The van der Waals surface area contributed by atoms with E-state index in [0.717, 1.165) is 16.5 Å². The number of fused-ring (bicyclic) bond motifs is 1. The Hall–Kier alpha value is -2.81. The number of para-hydroxylation sites is 1. The number of hydrogen-bond acceptors (Lipinski definition) is 4. The molecule has 0 spiro atoms. The second-order valence-corrected chi connectivity index (χ2v) is 6.63. The van der Waals surface area contributed by atoms with Crippen molar-refractivity contribution < 1.29 is 14.3 Å². The average molecular weight is 341 g/mol. The van der Waals surface area contributed by atoms with Gasteiger partial charge < -0.3 is 15.0 Å². The lowest BCUT2D eigenvalue weighted by Crippen LogP contribution is -2.52. The zero-order chi connectivity index (χ0) is 18.6. The molecule has 0 bridgehead atoms. The number of nitrogens with zero attached hydrogens (tertiary/aromatic N) is 1. The number of nitriles is 1. The molecule has 0 saturated heterocycles. The second kappa shape index (κ2) is 7.39. The molecular weight excluding hydrogens is 318 g/mol. The zero-order valence-corrected chi connectivity index (χ0v) is 14.9. The van der Waals surface area contributed by atoms with E-state index < -0.39 is 23.5 Å². The summed E-state index contributed by atoms with van der Waals surface area (Å²) in [4.78, 5) is 27.5. The Morgan fingerprint density at radius 3 is 2.64 bits per heavy atom. The summed E-state index contributed by atoms with van der Waals surface area (Å²) in [5.41, 5.74) is 0.754. The third-order valence-corrected chi connectivity index (χ3v) is 4.46. The van der Waals surface area contributed by atoms with Crippen molar-refractivity contribution in [1.29, 1.82) is 5.26 Å². The van der Waals surface area contributed by atoms with Gasteiger partial charge in [-0.25, -0.2) is 0 Å². The van der Waals surface area contributed by atoms with E-state index in [1.165, 1.54) is 6.92 Å². The highest BCUT2D eigenvalue weighted by Crippen LogP contribution is 2.19. The molecule has 2 aromatic rings. The second-order valence-electron chi connectivity index (χ2n) is 6.63. The van der Waals surface area contributed by atoms with Gasteiger partial charge in [0.05, 0.1) is 12.5 Å². The van der Waals surface area contributed by atoms with Crippen molar-refractivity contribution in [3.63, 3.8) is 0 Å². The molecule has 25 heavy (non-hydrogen) atoms. The highest BCUT2D eigenvalue weighted by molar-refractivity contribution is 5.89. The Kier molecular flexibility index (Phi) is 5.48. The van der Waals surface area contributed by atoms with Gasteiger partial charge in [0.2, 0.25) is 0 Å². The summed E-state index contributed by atoms with van der Waals surface area (Å²) in [6.45, 7) is 6.84. The van der Waals surface area contributed by atoms with E-state index in [1.807, 2.05) is 38.1 Å². The van der Waals surface area contributed by atoms with Gasteiger partial charge in [-0.15, -0.1) is 0 Å². The molecule has 0 saturated carbocycles. The van der Waals surface area contributed by atoms with E-state index in [1.54, 1.807) is 13.1 Å². The van der Waals surface area contributed by atoms with Crippen LogP contribution in [0.2, 0.25) is 0 Å². The number of esters is 1. The van der Waals surface area contributed by atoms with Gasteiger partial charge in [-0.3, -0.25) is 9.59 Å². The molecule has 1 amide bonds. The molecule has 0 aliphatic heterocycles. The highest BCUT2D eigenvalue weighted by Gasteiger charge is 2.32. The summed E-state index contributed by atoms with van der Waals surface area (Å²) in [5, 5.41) is 12.9. The van der Waals surface area contributed by atoms with Gasteiger partial charge in [0.25, 0.3) is 5.91 Å². The number of hydrogen-bond donors (Lipinski definition) is 2. The predicted molar refractivity (Wildman–Crippen MR) is 94.6 cm³/mol. The van der Waals surface area contributed by atoms with Crippen LogP contribution in [0, 0.1) is 17.2 Å². The van der Waals surface area contributed by atoms with E-state index in [-0.39, 0.29) is 12.3 Å². The number of aromatic nitrogens is 1. The Bertz CT molecular complexity index is 819. The van der Waals surface area contributed by atoms with Crippen LogP contribution >= 0.6 is 0 Å². The molecule has 132 valence electrons. The van der Waals surface area contributed by atoms with Crippen molar-refractivity contribution >= 4 is 22.8 Å². The van der Waals surface area contributed by atoms with Gasteiger partial charge in [-0.1, -0.05) is 32.0 Å². The predicted octanol–water partition coefficient (Wildman–Crippen LogP) is 2.70. The number of carbonyl (C=O) groups is 2. The number of nitrogens with one attached hydrogen (secondary N) is 2. The minimum absolute atomic E-state index is 0.0708. The maximum Gasteiger partial charge on any atom is 0.311 e.